The van der Waals surface area contributed by atoms with Crippen LogP contribution in [0.3, 0.4) is 0 Å². The monoisotopic (exact) mass is 323 g/mol. The Morgan fingerprint density at radius 3 is 2.73 bits per heavy atom. The Kier molecular flexibility index (Phi) is 4.60. The van der Waals surface area contributed by atoms with Gasteiger partial charge in [0.1, 0.15) is 5.54 Å². The second-order valence-corrected chi connectivity index (χ2v) is 6.11. The van der Waals surface area contributed by atoms with E-state index in [1.54, 1.807) is 0 Å². The molecule has 0 saturated heterocycles. The van der Waals surface area contributed by atoms with E-state index in [4.69, 9.17) is 9.52 Å². The molecule has 0 aromatic carbocycles. The predicted octanol–water partition coefficient (Wildman–Crippen LogP) is 2.05. The van der Waals surface area contributed by atoms with Crippen molar-refractivity contribution in [2.45, 2.75) is 32.2 Å². The average Bonchev–Trinajstić information content (AvgIpc) is 3.14. The normalized spacial score (nSPS) is 11.4. The van der Waals surface area contributed by atoms with Crippen molar-refractivity contribution in [2.75, 3.05) is 7.05 Å². The van der Waals surface area contributed by atoms with Crippen molar-refractivity contribution in [3.63, 3.8) is 0 Å². The first kappa shape index (κ1) is 16.2. The molecule has 0 atom stereocenters. The SMILES string of the molecule is CN(C(=O)CCc1nnc(-c2ccsc2)o1)C(C)(C)C(=O)O. The molecule has 7 nitrogen and oxygen atoms in total. The summed E-state index contributed by atoms with van der Waals surface area (Å²) in [4.78, 5) is 24.4. The van der Waals surface area contributed by atoms with Crippen LogP contribution >= 0.6 is 11.3 Å². The van der Waals surface area contributed by atoms with Gasteiger partial charge in [-0.2, -0.15) is 11.3 Å². The van der Waals surface area contributed by atoms with Gasteiger partial charge in [0.15, 0.2) is 0 Å². The number of carboxylic acid groups (broad SMARTS) is 1. The average molecular weight is 323 g/mol. The van der Waals surface area contributed by atoms with Crippen LogP contribution in [0.25, 0.3) is 11.5 Å². The molecule has 1 amide bonds. The molecule has 2 heterocycles. The molecular weight excluding hydrogens is 306 g/mol. The summed E-state index contributed by atoms with van der Waals surface area (Å²) in [6, 6.07) is 1.87. The maximum Gasteiger partial charge on any atom is 0.329 e. The second kappa shape index (κ2) is 6.27. The van der Waals surface area contributed by atoms with Crippen molar-refractivity contribution >= 4 is 23.2 Å². The second-order valence-electron chi connectivity index (χ2n) is 5.33. The zero-order chi connectivity index (χ0) is 16.3. The predicted molar refractivity (Wildman–Crippen MR) is 80.4 cm³/mol. The molecule has 0 bridgehead atoms. The van der Waals surface area contributed by atoms with E-state index < -0.39 is 11.5 Å². The Morgan fingerprint density at radius 1 is 1.41 bits per heavy atom. The highest BCUT2D eigenvalue weighted by molar-refractivity contribution is 7.08. The molecule has 0 aliphatic heterocycles. The van der Waals surface area contributed by atoms with Crippen LogP contribution in [0.15, 0.2) is 21.2 Å². The number of carbonyl (C=O) groups is 2. The molecule has 2 aromatic rings. The maximum absolute atomic E-state index is 12.1. The molecule has 22 heavy (non-hydrogen) atoms. The lowest BCUT2D eigenvalue weighted by Crippen LogP contribution is -2.50. The highest BCUT2D eigenvalue weighted by Gasteiger charge is 2.34. The van der Waals surface area contributed by atoms with Crippen LogP contribution in [0.2, 0.25) is 0 Å². The first-order valence-corrected chi connectivity index (χ1v) is 7.61. The number of hydrogen-bond donors (Lipinski definition) is 1. The first-order chi connectivity index (χ1) is 10.3. The highest BCUT2D eigenvalue weighted by atomic mass is 32.1. The minimum atomic E-state index is -1.26. The molecule has 2 aromatic heterocycles. The van der Waals surface area contributed by atoms with E-state index in [2.05, 4.69) is 10.2 Å². The number of nitrogens with zero attached hydrogens (tertiary/aromatic N) is 3. The Morgan fingerprint density at radius 2 is 2.14 bits per heavy atom. The fourth-order valence-corrected chi connectivity index (χ4v) is 2.32. The largest absolute Gasteiger partial charge is 0.480 e. The number of rotatable bonds is 6. The van der Waals surface area contributed by atoms with Gasteiger partial charge in [-0.3, -0.25) is 4.79 Å². The third-order valence-corrected chi connectivity index (χ3v) is 4.21. The molecule has 0 saturated carbocycles. The smallest absolute Gasteiger partial charge is 0.329 e. The minimum absolute atomic E-state index is 0.110. The van der Waals surface area contributed by atoms with E-state index >= 15 is 0 Å². The van der Waals surface area contributed by atoms with Crippen molar-refractivity contribution < 1.29 is 19.1 Å². The van der Waals surface area contributed by atoms with Gasteiger partial charge in [0.05, 0.1) is 0 Å². The van der Waals surface area contributed by atoms with Gasteiger partial charge in [0, 0.05) is 30.8 Å². The summed E-state index contributed by atoms with van der Waals surface area (Å²) in [6.07, 6.45) is 0.383. The van der Waals surface area contributed by atoms with Crippen LogP contribution in [-0.4, -0.2) is 44.7 Å². The standard InChI is InChI=1S/C14H17N3O4S/c1-14(2,13(19)20)17(3)11(18)5-4-10-15-16-12(21-10)9-6-7-22-8-9/h6-8H,4-5H2,1-3H3,(H,19,20). The van der Waals surface area contributed by atoms with Gasteiger partial charge in [0.25, 0.3) is 0 Å². The van der Waals surface area contributed by atoms with Gasteiger partial charge in [-0.05, 0) is 25.3 Å². The van der Waals surface area contributed by atoms with Crippen molar-refractivity contribution in [1.29, 1.82) is 0 Å². The van der Waals surface area contributed by atoms with Crippen molar-refractivity contribution in [2.24, 2.45) is 0 Å². The minimum Gasteiger partial charge on any atom is -0.480 e. The van der Waals surface area contributed by atoms with Crippen molar-refractivity contribution in [3.8, 4) is 11.5 Å². The molecule has 118 valence electrons. The third-order valence-electron chi connectivity index (χ3n) is 3.52. The number of aliphatic carboxylic acids is 1. The van der Waals surface area contributed by atoms with Crippen LogP contribution in [0.1, 0.15) is 26.2 Å². The van der Waals surface area contributed by atoms with E-state index in [1.807, 2.05) is 16.8 Å². The molecule has 8 heteroatoms. The lowest BCUT2D eigenvalue weighted by molar-refractivity contribution is -0.155. The number of carboxylic acids is 1. The maximum atomic E-state index is 12.1. The number of hydrogen-bond acceptors (Lipinski definition) is 6. The molecule has 0 fully saturated rings. The highest BCUT2D eigenvalue weighted by Crippen LogP contribution is 2.21. The molecule has 1 N–H and O–H groups in total. The molecule has 0 radical (unpaired) electrons. The summed E-state index contributed by atoms with van der Waals surface area (Å²) in [5.74, 6) is -0.567. The van der Waals surface area contributed by atoms with Crippen molar-refractivity contribution in [1.82, 2.24) is 15.1 Å². The third kappa shape index (κ3) is 3.33. The van der Waals surface area contributed by atoms with E-state index in [0.717, 1.165) is 5.56 Å². The zero-order valence-corrected chi connectivity index (χ0v) is 13.4. The summed E-state index contributed by atoms with van der Waals surface area (Å²) in [7, 11) is 1.47. The number of thiophene rings is 1. The summed E-state index contributed by atoms with van der Waals surface area (Å²) in [5, 5.41) is 20.8. The van der Waals surface area contributed by atoms with Gasteiger partial charge in [-0.1, -0.05) is 0 Å². The zero-order valence-electron chi connectivity index (χ0n) is 12.6. The number of likely N-dealkylation sites (N-methyl/N-ethyl adjacent to an activating group) is 1. The van der Waals surface area contributed by atoms with Gasteiger partial charge < -0.3 is 14.4 Å². The summed E-state index contributed by atoms with van der Waals surface area (Å²) >= 11 is 1.53. The fourth-order valence-electron chi connectivity index (χ4n) is 1.69. The van der Waals surface area contributed by atoms with E-state index in [9.17, 15) is 9.59 Å². The van der Waals surface area contributed by atoms with Crippen LogP contribution in [0.4, 0.5) is 0 Å². The Hall–Kier alpha value is -2.22. The van der Waals surface area contributed by atoms with Crippen molar-refractivity contribution in [3.05, 3.63) is 22.7 Å². The first-order valence-electron chi connectivity index (χ1n) is 6.67. The molecule has 0 aliphatic rings. The number of carbonyl (C=O) groups excluding carboxylic acids is 1. The molecule has 0 aliphatic carbocycles. The Labute approximate surface area is 131 Å². The summed E-state index contributed by atoms with van der Waals surface area (Å²) < 4.78 is 5.49. The molecule has 0 spiro atoms. The number of aromatic nitrogens is 2. The Bertz CT molecular complexity index is 663. The topological polar surface area (TPSA) is 96.5 Å². The van der Waals surface area contributed by atoms with E-state index in [0.29, 0.717) is 11.8 Å². The van der Waals surface area contributed by atoms with Gasteiger partial charge in [-0.15, -0.1) is 10.2 Å². The lowest BCUT2D eigenvalue weighted by atomic mass is 10.0. The van der Waals surface area contributed by atoms with Gasteiger partial charge in [-0.25, -0.2) is 4.79 Å². The van der Waals surface area contributed by atoms with Crippen LogP contribution in [-0.2, 0) is 16.0 Å². The Balaban J connectivity index is 1.96. The van der Waals surface area contributed by atoms with Gasteiger partial charge in [0.2, 0.25) is 17.7 Å². The van der Waals surface area contributed by atoms with Crippen LogP contribution in [0.5, 0.6) is 0 Å². The van der Waals surface area contributed by atoms with Crippen LogP contribution in [0, 0.1) is 0 Å². The molecular formula is C14H17N3O4S. The number of amides is 1. The van der Waals surface area contributed by atoms with E-state index in [-0.39, 0.29) is 18.7 Å². The van der Waals surface area contributed by atoms with E-state index in [1.165, 1.54) is 37.1 Å². The molecule has 2 rings (SSSR count). The summed E-state index contributed by atoms with van der Waals surface area (Å²) in [6.45, 7) is 2.96. The number of aryl methyl sites for hydroxylation is 1. The quantitative estimate of drug-likeness (QED) is 0.874. The lowest BCUT2D eigenvalue weighted by Gasteiger charge is -2.31. The van der Waals surface area contributed by atoms with Gasteiger partial charge >= 0.3 is 5.97 Å². The molecule has 0 unspecified atom stereocenters. The van der Waals surface area contributed by atoms with Crippen LogP contribution < -0.4 is 0 Å². The summed E-state index contributed by atoms with van der Waals surface area (Å²) in [5.41, 5.74) is -0.410. The fraction of sp³-hybridized carbons (Fsp3) is 0.429.